The molecule has 1 aliphatic rings. The van der Waals surface area contributed by atoms with Crippen molar-refractivity contribution in [2.75, 3.05) is 26.4 Å². The Morgan fingerprint density at radius 3 is 2.30 bits per heavy atom. The molecule has 0 amide bonds. The van der Waals surface area contributed by atoms with Gasteiger partial charge in [-0.25, -0.2) is 0 Å². The Labute approximate surface area is 234 Å². The van der Waals surface area contributed by atoms with Crippen LogP contribution in [0, 0.1) is 0 Å². The van der Waals surface area contributed by atoms with E-state index in [1.807, 2.05) is 18.2 Å². The summed E-state index contributed by atoms with van der Waals surface area (Å²) in [6.07, 6.45) is 1.61. The third kappa shape index (κ3) is 5.96. The fourth-order valence-electron chi connectivity index (χ4n) is 5.12. The van der Waals surface area contributed by atoms with Crippen molar-refractivity contribution < 1.29 is 29.2 Å². The Morgan fingerprint density at radius 2 is 1.55 bits per heavy atom. The van der Waals surface area contributed by atoms with Crippen LogP contribution in [0.15, 0.2) is 104 Å². The van der Waals surface area contributed by atoms with Crippen LogP contribution in [0.2, 0.25) is 0 Å². The summed E-state index contributed by atoms with van der Waals surface area (Å²) in [5.41, 5.74) is 5.95. The molecular formula is C34H34O6. The lowest BCUT2D eigenvalue weighted by atomic mass is 9.88. The molecule has 0 heterocycles. The first-order valence-corrected chi connectivity index (χ1v) is 13.3. The van der Waals surface area contributed by atoms with Crippen LogP contribution < -0.4 is 9.47 Å². The number of hydrogen-bond acceptors (Lipinski definition) is 6. The molecule has 5 rings (SSSR count). The summed E-state index contributed by atoms with van der Waals surface area (Å²) in [5.74, 6) is -0.198. The van der Waals surface area contributed by atoms with E-state index in [-0.39, 0.29) is 32.3 Å². The van der Waals surface area contributed by atoms with Crippen molar-refractivity contribution in [3.8, 4) is 22.6 Å². The van der Waals surface area contributed by atoms with Crippen LogP contribution >= 0.6 is 0 Å². The van der Waals surface area contributed by atoms with Crippen LogP contribution in [0.1, 0.15) is 29.5 Å². The molecule has 4 aromatic carbocycles. The highest BCUT2D eigenvalue weighted by Gasteiger charge is 2.31. The van der Waals surface area contributed by atoms with Crippen molar-refractivity contribution in [3.05, 3.63) is 121 Å². The minimum Gasteiger partial charge on any atom is -0.491 e. The highest BCUT2D eigenvalue weighted by molar-refractivity contribution is 6.02. The smallest absolute Gasteiger partial charge is 0.182 e. The average molecular weight is 539 g/mol. The Kier molecular flexibility index (Phi) is 8.33. The summed E-state index contributed by atoms with van der Waals surface area (Å²) in [4.78, 5) is 0. The highest BCUT2D eigenvalue weighted by Crippen LogP contribution is 2.51. The zero-order chi connectivity index (χ0) is 28.1. The number of hydrogen-bond donors (Lipinski definition) is 2. The monoisotopic (exact) mass is 538 g/mol. The van der Waals surface area contributed by atoms with Gasteiger partial charge in [-0.3, -0.25) is 0 Å². The van der Waals surface area contributed by atoms with E-state index in [0.717, 1.165) is 5.56 Å². The van der Waals surface area contributed by atoms with Gasteiger partial charge in [0.15, 0.2) is 12.1 Å². The molecule has 0 aliphatic heterocycles. The zero-order valence-electron chi connectivity index (χ0n) is 22.6. The van der Waals surface area contributed by atoms with Crippen molar-refractivity contribution in [2.45, 2.75) is 24.9 Å². The maximum Gasteiger partial charge on any atom is 0.182 e. The van der Waals surface area contributed by atoms with E-state index in [9.17, 15) is 10.2 Å². The minimum absolute atomic E-state index is 0.0155. The third-order valence-corrected chi connectivity index (χ3v) is 7.02. The van der Waals surface area contributed by atoms with E-state index in [1.165, 1.54) is 52.1 Å². The van der Waals surface area contributed by atoms with Gasteiger partial charge >= 0.3 is 0 Å². The van der Waals surface area contributed by atoms with Gasteiger partial charge in [-0.15, -0.1) is 0 Å². The quantitative estimate of drug-likeness (QED) is 0.106. The molecule has 0 saturated carbocycles. The first kappa shape index (κ1) is 27.6. The van der Waals surface area contributed by atoms with E-state index in [0.29, 0.717) is 11.5 Å². The maximum atomic E-state index is 10.0. The number of fused-ring (bicyclic) bond motifs is 5. The van der Waals surface area contributed by atoms with E-state index < -0.39 is 12.1 Å². The van der Waals surface area contributed by atoms with Crippen LogP contribution in [0.25, 0.3) is 21.9 Å². The van der Waals surface area contributed by atoms with E-state index >= 15 is 0 Å². The molecule has 6 nitrogen and oxygen atoms in total. The molecule has 40 heavy (non-hydrogen) atoms. The number of benzene rings is 4. The number of rotatable bonds is 13. The summed E-state index contributed by atoms with van der Waals surface area (Å²) in [5, 5.41) is 22.1. The van der Waals surface area contributed by atoms with Gasteiger partial charge in [-0.05, 0) is 69.8 Å². The van der Waals surface area contributed by atoms with Crippen LogP contribution in [-0.2, 0) is 9.47 Å². The molecule has 3 unspecified atom stereocenters. The maximum absolute atomic E-state index is 10.0. The van der Waals surface area contributed by atoms with E-state index in [2.05, 4.69) is 73.8 Å². The van der Waals surface area contributed by atoms with Crippen LogP contribution in [-0.4, -0.2) is 48.7 Å². The predicted octanol–water partition coefficient (Wildman–Crippen LogP) is 6.19. The summed E-state index contributed by atoms with van der Waals surface area (Å²) >= 11 is 0. The van der Waals surface area contributed by atoms with Gasteiger partial charge < -0.3 is 29.2 Å². The van der Waals surface area contributed by atoms with Gasteiger partial charge in [0.2, 0.25) is 0 Å². The summed E-state index contributed by atoms with van der Waals surface area (Å²) in [6.45, 7) is 9.45. The van der Waals surface area contributed by atoms with Gasteiger partial charge in [-0.1, -0.05) is 73.8 Å². The molecule has 0 radical (unpaired) electrons. The summed E-state index contributed by atoms with van der Waals surface area (Å²) in [6, 6.07) is 27.2. The number of ether oxygens (including phenoxy) is 4. The fourth-order valence-corrected chi connectivity index (χ4v) is 5.12. The van der Waals surface area contributed by atoms with Gasteiger partial charge in [-0.2, -0.15) is 0 Å². The van der Waals surface area contributed by atoms with Gasteiger partial charge in [0.1, 0.15) is 24.7 Å². The van der Waals surface area contributed by atoms with Gasteiger partial charge in [0.05, 0.1) is 13.2 Å². The van der Waals surface area contributed by atoms with Gasteiger partial charge in [0, 0.05) is 12.0 Å². The minimum atomic E-state index is -1.42. The number of aliphatic hydroxyl groups is 2. The molecule has 1 aliphatic carbocycles. The van der Waals surface area contributed by atoms with Crippen molar-refractivity contribution in [3.63, 3.8) is 0 Å². The van der Waals surface area contributed by atoms with E-state index in [1.54, 1.807) is 0 Å². The largest absolute Gasteiger partial charge is 0.491 e. The molecule has 0 aromatic heterocycles. The van der Waals surface area contributed by atoms with Crippen molar-refractivity contribution in [1.82, 2.24) is 0 Å². The van der Waals surface area contributed by atoms with E-state index in [4.69, 9.17) is 18.9 Å². The lowest BCUT2D eigenvalue weighted by Gasteiger charge is -2.20. The second-order valence-corrected chi connectivity index (χ2v) is 9.81. The number of aliphatic hydroxyl groups excluding tert-OH is 1. The molecule has 206 valence electrons. The second kappa shape index (κ2) is 12.1. The summed E-state index contributed by atoms with van der Waals surface area (Å²) in [7, 11) is 0. The molecular weight excluding hydrogens is 504 g/mol. The Bertz CT molecular complexity index is 1510. The lowest BCUT2D eigenvalue weighted by Crippen LogP contribution is -2.27. The Balaban J connectivity index is 1.49. The second-order valence-electron chi connectivity index (χ2n) is 9.81. The normalized spacial score (nSPS) is 16.0. The van der Waals surface area contributed by atoms with Crippen molar-refractivity contribution >= 4 is 10.8 Å². The molecule has 3 atom stereocenters. The third-order valence-electron chi connectivity index (χ3n) is 7.02. The lowest BCUT2D eigenvalue weighted by molar-refractivity contribution is -0.156. The average Bonchev–Trinajstić information content (AvgIpc) is 3.32. The molecule has 0 spiro atoms. The van der Waals surface area contributed by atoms with Crippen LogP contribution in [0.4, 0.5) is 0 Å². The molecule has 2 N–H and O–H groups in total. The fraction of sp³-hybridized carbons (Fsp3) is 0.235. The molecule has 0 fully saturated rings. The first-order chi connectivity index (χ1) is 19.4. The Hall–Kier alpha value is -3.94. The molecule has 6 heteroatoms. The SMILES string of the molecule is C=CC(O)OCCOc1cc(OCCOC(C)(O)C=C)cc(C2c3ccccc3-c3c2ccc2ccccc32)c1. The standard InChI is InChI=1S/C34H34O6/c1-4-31(35)39-17-16-37-25-20-24(21-26(22-25)38-18-19-40-34(3,36)5-2)32-28-12-8-9-13-29(28)33-27-11-7-6-10-23(27)14-15-30(32)33/h4-15,20-22,31-32,35-36H,1-2,16-19H2,3H3. The van der Waals surface area contributed by atoms with Crippen molar-refractivity contribution in [2.24, 2.45) is 0 Å². The van der Waals surface area contributed by atoms with Crippen molar-refractivity contribution in [1.29, 1.82) is 0 Å². The molecule has 4 aromatic rings. The molecule has 0 bridgehead atoms. The topological polar surface area (TPSA) is 77.4 Å². The molecule has 0 saturated heterocycles. The van der Waals surface area contributed by atoms with Crippen LogP contribution in [0.3, 0.4) is 0 Å². The Morgan fingerprint density at radius 1 is 0.850 bits per heavy atom. The highest BCUT2D eigenvalue weighted by atomic mass is 16.6. The van der Waals surface area contributed by atoms with Gasteiger partial charge in [0.25, 0.3) is 0 Å². The summed E-state index contributed by atoms with van der Waals surface area (Å²) < 4.78 is 22.8. The van der Waals surface area contributed by atoms with Crippen LogP contribution in [0.5, 0.6) is 11.5 Å². The zero-order valence-corrected chi connectivity index (χ0v) is 22.6. The first-order valence-electron chi connectivity index (χ1n) is 13.3. The predicted molar refractivity (Wildman–Crippen MR) is 157 cm³/mol.